The molecular weight excluding hydrogens is 338 g/mol. The fraction of sp³-hybridized carbons (Fsp3) is 0.579. The van der Waals surface area contributed by atoms with E-state index in [0.29, 0.717) is 6.42 Å². The molecule has 0 bridgehead atoms. The Hall–Kier alpha value is -1.69. The first-order valence-electron chi connectivity index (χ1n) is 8.92. The molecule has 1 aliphatic rings. The van der Waals surface area contributed by atoms with Gasteiger partial charge in [0.1, 0.15) is 5.37 Å². The maximum atomic E-state index is 11.9. The zero-order valence-electron chi connectivity index (χ0n) is 14.8. The number of sulfone groups is 1. The second-order valence-electron chi connectivity index (χ2n) is 6.80. The molecule has 1 unspecified atom stereocenters. The Kier molecular flexibility index (Phi) is 7.17. The van der Waals surface area contributed by atoms with E-state index in [1.807, 2.05) is 6.07 Å². The van der Waals surface area contributed by atoms with Gasteiger partial charge in [-0.05, 0) is 24.8 Å². The number of unbranched alkanes of at least 4 members (excludes halogenated alkanes) is 4. The van der Waals surface area contributed by atoms with Gasteiger partial charge in [-0.1, -0.05) is 49.6 Å². The predicted octanol–water partition coefficient (Wildman–Crippen LogP) is 2.74. The lowest BCUT2D eigenvalue weighted by atomic mass is 10.0. The van der Waals surface area contributed by atoms with E-state index in [-0.39, 0.29) is 24.7 Å². The number of β-lactam (4-membered cyclic amide) rings is 1. The van der Waals surface area contributed by atoms with Crippen molar-refractivity contribution in [3.05, 3.63) is 35.9 Å². The number of ketones is 1. The lowest BCUT2D eigenvalue weighted by molar-refractivity contribution is -0.145. The van der Waals surface area contributed by atoms with Gasteiger partial charge < -0.3 is 4.90 Å². The van der Waals surface area contributed by atoms with E-state index in [9.17, 15) is 18.0 Å². The Morgan fingerprint density at radius 2 is 1.72 bits per heavy atom. The van der Waals surface area contributed by atoms with Gasteiger partial charge in [-0.3, -0.25) is 9.59 Å². The smallest absolute Gasteiger partial charge is 0.227 e. The molecule has 1 atom stereocenters. The summed E-state index contributed by atoms with van der Waals surface area (Å²) in [6, 6.07) is 10.4. The molecule has 2 rings (SSSR count). The van der Waals surface area contributed by atoms with Crippen molar-refractivity contribution in [2.24, 2.45) is 0 Å². The average Bonchev–Trinajstić information content (AvgIpc) is 2.56. The van der Waals surface area contributed by atoms with Crippen molar-refractivity contribution >= 4 is 21.5 Å². The molecule has 1 aromatic carbocycles. The highest BCUT2D eigenvalue weighted by molar-refractivity contribution is 7.91. The van der Waals surface area contributed by atoms with Crippen molar-refractivity contribution in [3.8, 4) is 0 Å². The molecule has 1 aromatic rings. The summed E-state index contributed by atoms with van der Waals surface area (Å²) in [4.78, 5) is 24.6. The third-order valence-corrected chi connectivity index (χ3v) is 6.03. The topological polar surface area (TPSA) is 71.5 Å². The lowest BCUT2D eigenvalue weighted by Crippen LogP contribution is -2.57. The summed E-state index contributed by atoms with van der Waals surface area (Å²) >= 11 is 0. The van der Waals surface area contributed by atoms with E-state index in [1.165, 1.54) is 10.5 Å². The van der Waals surface area contributed by atoms with Crippen LogP contribution >= 0.6 is 0 Å². The lowest BCUT2D eigenvalue weighted by Gasteiger charge is -2.38. The third-order valence-electron chi connectivity index (χ3n) is 4.62. The number of nitrogens with zero attached hydrogens (tertiary/aromatic N) is 1. The summed E-state index contributed by atoms with van der Waals surface area (Å²) < 4.78 is 23.0. The molecule has 0 spiro atoms. The first-order valence-corrected chi connectivity index (χ1v) is 10.9. The van der Waals surface area contributed by atoms with Crippen molar-refractivity contribution in [3.63, 3.8) is 0 Å². The minimum absolute atomic E-state index is 0.00747. The summed E-state index contributed by atoms with van der Waals surface area (Å²) in [7, 11) is -3.30. The zero-order chi connectivity index (χ0) is 18.3. The van der Waals surface area contributed by atoms with E-state index in [2.05, 4.69) is 24.3 Å². The maximum absolute atomic E-state index is 11.9. The Bertz CT molecular complexity index is 685. The minimum atomic E-state index is -3.30. The van der Waals surface area contributed by atoms with Crippen molar-refractivity contribution in [1.29, 1.82) is 0 Å². The van der Waals surface area contributed by atoms with Gasteiger partial charge in [0.15, 0.2) is 15.6 Å². The van der Waals surface area contributed by atoms with Crippen LogP contribution in [0.4, 0.5) is 0 Å². The highest BCUT2D eigenvalue weighted by Gasteiger charge is 2.43. The molecule has 1 saturated heterocycles. The third kappa shape index (κ3) is 6.27. The number of benzene rings is 1. The number of hydrogen-bond acceptors (Lipinski definition) is 4. The van der Waals surface area contributed by atoms with Gasteiger partial charge in [-0.2, -0.15) is 0 Å². The van der Waals surface area contributed by atoms with Gasteiger partial charge in [0.05, 0.1) is 13.0 Å². The Morgan fingerprint density at radius 1 is 1.08 bits per heavy atom. The second kappa shape index (κ2) is 9.13. The van der Waals surface area contributed by atoms with Crippen LogP contribution < -0.4 is 0 Å². The number of likely N-dealkylation sites (tertiary alicyclic amines) is 1. The van der Waals surface area contributed by atoms with Crippen LogP contribution in [-0.4, -0.2) is 43.2 Å². The van der Waals surface area contributed by atoms with Crippen LogP contribution in [0, 0.1) is 0 Å². The van der Waals surface area contributed by atoms with E-state index in [0.717, 1.165) is 44.8 Å². The Morgan fingerprint density at radius 3 is 2.36 bits per heavy atom. The van der Waals surface area contributed by atoms with Crippen LogP contribution in [0.2, 0.25) is 0 Å². The van der Waals surface area contributed by atoms with Gasteiger partial charge in [0.25, 0.3) is 0 Å². The SMILES string of the molecule is CS(=O)(=O)C1CC(=O)N1CC(=O)CCCCCCCc1ccccc1. The van der Waals surface area contributed by atoms with E-state index < -0.39 is 15.2 Å². The molecule has 25 heavy (non-hydrogen) atoms. The maximum Gasteiger partial charge on any atom is 0.227 e. The largest absolute Gasteiger partial charge is 0.318 e. The number of carbonyl (C=O) groups is 2. The standard InChI is InChI=1S/C19H27NO4S/c1-25(23,24)19-14-18(22)20(19)15-17(21)13-9-4-2-3-6-10-16-11-7-5-8-12-16/h5,7-8,11-12,19H,2-4,6,9-10,13-15H2,1H3. The molecule has 5 nitrogen and oxygen atoms in total. The van der Waals surface area contributed by atoms with Gasteiger partial charge in [-0.15, -0.1) is 0 Å². The molecule has 0 aromatic heterocycles. The monoisotopic (exact) mass is 365 g/mol. The van der Waals surface area contributed by atoms with Crippen molar-refractivity contribution in [1.82, 2.24) is 4.90 Å². The van der Waals surface area contributed by atoms with Gasteiger partial charge in [-0.25, -0.2) is 8.42 Å². The molecule has 1 heterocycles. The molecule has 0 N–H and O–H groups in total. The van der Waals surface area contributed by atoms with Crippen LogP contribution in [0.15, 0.2) is 30.3 Å². The Balaban J connectivity index is 1.54. The summed E-state index contributed by atoms with van der Waals surface area (Å²) in [6.07, 6.45) is 7.79. The van der Waals surface area contributed by atoms with Crippen molar-refractivity contribution in [2.75, 3.05) is 12.8 Å². The second-order valence-corrected chi connectivity index (χ2v) is 9.01. The first-order chi connectivity index (χ1) is 11.9. The van der Waals surface area contributed by atoms with E-state index in [1.54, 1.807) is 0 Å². The molecule has 1 amide bonds. The zero-order valence-corrected chi connectivity index (χ0v) is 15.6. The van der Waals surface area contributed by atoms with Gasteiger partial charge in [0.2, 0.25) is 5.91 Å². The molecule has 0 radical (unpaired) electrons. The highest BCUT2D eigenvalue weighted by atomic mass is 32.2. The van der Waals surface area contributed by atoms with Crippen LogP contribution in [-0.2, 0) is 25.8 Å². The number of rotatable bonds is 11. The summed E-state index contributed by atoms with van der Waals surface area (Å²) in [6.45, 7) is -0.0649. The predicted molar refractivity (Wildman–Crippen MR) is 97.8 cm³/mol. The number of Topliss-reactive ketones (excluding diaryl/α,β-unsaturated/α-hetero) is 1. The fourth-order valence-electron chi connectivity index (χ4n) is 3.09. The van der Waals surface area contributed by atoms with Crippen LogP contribution in [0.5, 0.6) is 0 Å². The van der Waals surface area contributed by atoms with E-state index >= 15 is 0 Å². The molecule has 138 valence electrons. The van der Waals surface area contributed by atoms with Crippen molar-refractivity contribution in [2.45, 2.75) is 56.7 Å². The van der Waals surface area contributed by atoms with Crippen molar-refractivity contribution < 1.29 is 18.0 Å². The van der Waals surface area contributed by atoms with E-state index in [4.69, 9.17) is 0 Å². The number of aryl methyl sites for hydroxylation is 1. The summed E-state index contributed by atoms with van der Waals surface area (Å²) in [5.41, 5.74) is 1.36. The molecule has 0 saturated carbocycles. The fourth-order valence-corrected chi connectivity index (χ4v) is 4.19. The summed E-state index contributed by atoms with van der Waals surface area (Å²) in [5.74, 6) is -0.296. The molecule has 0 aliphatic carbocycles. The Labute approximate surface area is 150 Å². The molecule has 6 heteroatoms. The number of hydrogen-bond donors (Lipinski definition) is 0. The number of amides is 1. The molecule has 1 fully saturated rings. The average molecular weight is 365 g/mol. The quantitative estimate of drug-likeness (QED) is 0.446. The van der Waals surface area contributed by atoms with Crippen LogP contribution in [0.25, 0.3) is 0 Å². The molecule has 1 aliphatic heterocycles. The molecular formula is C19H27NO4S. The van der Waals surface area contributed by atoms with Crippen LogP contribution in [0.1, 0.15) is 50.5 Å². The minimum Gasteiger partial charge on any atom is -0.318 e. The van der Waals surface area contributed by atoms with Gasteiger partial charge >= 0.3 is 0 Å². The van der Waals surface area contributed by atoms with Crippen LogP contribution in [0.3, 0.4) is 0 Å². The highest BCUT2D eigenvalue weighted by Crippen LogP contribution is 2.23. The summed E-state index contributed by atoms with van der Waals surface area (Å²) in [5, 5.41) is -0.804. The first kappa shape index (κ1) is 19.6. The number of carbonyl (C=O) groups excluding carboxylic acids is 2. The van der Waals surface area contributed by atoms with Gasteiger partial charge in [0, 0.05) is 12.7 Å². The normalized spacial score (nSPS) is 17.4.